The van der Waals surface area contributed by atoms with Crippen molar-refractivity contribution in [3.63, 3.8) is 0 Å². The van der Waals surface area contributed by atoms with Gasteiger partial charge < -0.3 is 19.0 Å². The van der Waals surface area contributed by atoms with E-state index in [1.54, 1.807) is 0 Å². The molecule has 0 spiro atoms. The maximum atomic E-state index is 11.6. The van der Waals surface area contributed by atoms with Crippen molar-refractivity contribution in [2.24, 2.45) is 5.41 Å². The summed E-state index contributed by atoms with van der Waals surface area (Å²) in [4.78, 5) is 11.6. The first-order valence-electron chi connectivity index (χ1n) is 12.0. The highest BCUT2D eigenvalue weighted by molar-refractivity contribution is 6.30. The fraction of sp³-hybridized carbons (Fsp3) is 0.414. The summed E-state index contributed by atoms with van der Waals surface area (Å²) < 4.78 is 3.29. The average molecular weight is 481 g/mol. The molecule has 0 aliphatic carbocycles. The third-order valence-electron chi connectivity index (χ3n) is 6.11. The van der Waals surface area contributed by atoms with Crippen molar-refractivity contribution in [3.8, 4) is 22.3 Å². The monoisotopic (exact) mass is 480 g/mol. The van der Waals surface area contributed by atoms with Crippen LogP contribution in [0.25, 0.3) is 22.3 Å². The van der Waals surface area contributed by atoms with Crippen molar-refractivity contribution < 1.29 is 14.4 Å². The second-order valence-electron chi connectivity index (χ2n) is 11.0. The first-order valence-corrected chi connectivity index (χ1v) is 12.4. The van der Waals surface area contributed by atoms with Gasteiger partial charge in [0.1, 0.15) is 0 Å². The lowest BCUT2D eigenvalue weighted by Crippen LogP contribution is -2.34. The number of hydrogen-bond acceptors (Lipinski definition) is 2. The third kappa shape index (κ3) is 6.31. The molecule has 1 aromatic heterocycles. The molecule has 0 amide bonds. The van der Waals surface area contributed by atoms with Gasteiger partial charge in [0, 0.05) is 46.5 Å². The van der Waals surface area contributed by atoms with Crippen LogP contribution < -0.4 is 5.11 Å². The van der Waals surface area contributed by atoms with Gasteiger partial charge in [-0.2, -0.15) is 0 Å². The van der Waals surface area contributed by atoms with E-state index in [0.717, 1.165) is 45.4 Å². The Labute approximate surface area is 209 Å². The Bertz CT molecular complexity index is 1120. The second-order valence-corrected chi connectivity index (χ2v) is 11.4. The molecule has 0 atom stereocenters. The van der Waals surface area contributed by atoms with E-state index in [4.69, 9.17) is 11.6 Å². The summed E-state index contributed by atoms with van der Waals surface area (Å²) in [7, 11) is 6.64. The lowest BCUT2D eigenvalue weighted by atomic mass is 9.86. The molecule has 0 saturated carbocycles. The fourth-order valence-electron chi connectivity index (χ4n) is 4.87. The highest BCUT2D eigenvalue weighted by atomic mass is 35.5. The first kappa shape index (κ1) is 26.1. The fourth-order valence-corrected chi connectivity index (χ4v) is 4.99. The summed E-state index contributed by atoms with van der Waals surface area (Å²) in [6.45, 7) is 8.74. The minimum atomic E-state index is -1.06. The van der Waals surface area contributed by atoms with Crippen LogP contribution >= 0.6 is 11.6 Å². The summed E-state index contributed by atoms with van der Waals surface area (Å²) in [5.74, 6) is -1.06. The summed E-state index contributed by atoms with van der Waals surface area (Å²) in [6.07, 6.45) is 2.09. The molecule has 0 unspecified atom stereocenters. The van der Waals surface area contributed by atoms with Crippen molar-refractivity contribution in [2.45, 2.75) is 46.6 Å². The van der Waals surface area contributed by atoms with Crippen LogP contribution in [0.4, 0.5) is 0 Å². The summed E-state index contributed by atoms with van der Waals surface area (Å²) in [5, 5.41) is 12.2. The lowest BCUT2D eigenvalue weighted by Gasteiger charge is -2.22. The number of carboxylic acid groups (broad SMARTS) is 1. The van der Waals surface area contributed by atoms with Crippen LogP contribution in [-0.2, 0) is 24.2 Å². The van der Waals surface area contributed by atoms with Crippen molar-refractivity contribution in [2.75, 3.05) is 27.7 Å². The number of quaternary nitrogens is 1. The predicted octanol–water partition coefficient (Wildman–Crippen LogP) is 5.45. The zero-order valence-corrected chi connectivity index (χ0v) is 22.1. The molecule has 0 fully saturated rings. The Morgan fingerprint density at radius 2 is 1.59 bits per heavy atom. The number of benzene rings is 2. The van der Waals surface area contributed by atoms with Crippen molar-refractivity contribution in [1.82, 2.24) is 4.57 Å². The zero-order valence-electron chi connectivity index (χ0n) is 21.3. The Balaban J connectivity index is 0.000000406. The molecule has 1 aliphatic rings. The number of hydrogen-bond donors (Lipinski definition) is 0. The van der Waals surface area contributed by atoms with Crippen LogP contribution in [-0.4, -0.2) is 42.7 Å². The van der Waals surface area contributed by atoms with Crippen LogP contribution in [0.15, 0.2) is 54.6 Å². The zero-order chi connectivity index (χ0) is 25.1. The molecule has 0 bridgehead atoms. The van der Waals surface area contributed by atoms with Crippen molar-refractivity contribution in [3.05, 3.63) is 71.0 Å². The Morgan fingerprint density at radius 1 is 1.00 bits per heavy atom. The molecule has 4 nitrogen and oxygen atoms in total. The molecule has 4 rings (SSSR count). The van der Waals surface area contributed by atoms with Gasteiger partial charge >= 0.3 is 0 Å². The van der Waals surface area contributed by atoms with E-state index in [9.17, 15) is 9.90 Å². The highest BCUT2D eigenvalue weighted by Gasteiger charge is 2.35. The number of nitrogens with zero attached hydrogens (tertiary/aromatic N) is 2. The number of rotatable bonds is 6. The van der Waals surface area contributed by atoms with Gasteiger partial charge in [-0.05, 0) is 41.5 Å². The Morgan fingerprint density at radius 3 is 2.09 bits per heavy atom. The van der Waals surface area contributed by atoms with Gasteiger partial charge in [-0.25, -0.2) is 0 Å². The van der Waals surface area contributed by atoms with Gasteiger partial charge in [-0.1, -0.05) is 74.8 Å². The quantitative estimate of drug-likeness (QED) is 0.440. The predicted molar refractivity (Wildman–Crippen MR) is 140 cm³/mol. The molecule has 5 heteroatoms. The van der Waals surface area contributed by atoms with Gasteiger partial charge in [0.2, 0.25) is 0 Å². The van der Waals surface area contributed by atoms with Crippen molar-refractivity contribution in [1.29, 1.82) is 0 Å². The minimum Gasteiger partial charge on any atom is -0.550 e. The van der Waals surface area contributed by atoms with Crippen LogP contribution in [0.1, 0.15) is 38.6 Å². The van der Waals surface area contributed by atoms with E-state index in [2.05, 4.69) is 58.6 Å². The molecule has 34 heavy (non-hydrogen) atoms. The van der Waals surface area contributed by atoms with Crippen LogP contribution in [0, 0.1) is 5.41 Å². The van der Waals surface area contributed by atoms with Gasteiger partial charge in [-0.15, -0.1) is 0 Å². The van der Waals surface area contributed by atoms with Crippen LogP contribution in [0.5, 0.6) is 0 Å². The van der Waals surface area contributed by atoms with Crippen LogP contribution in [0.2, 0.25) is 5.02 Å². The molecule has 0 N–H and O–H groups in total. The smallest absolute Gasteiger partial charge is 0.0777 e. The molecular weight excluding hydrogens is 444 g/mol. The van der Waals surface area contributed by atoms with Gasteiger partial charge in [-0.3, -0.25) is 0 Å². The summed E-state index contributed by atoms with van der Waals surface area (Å²) >= 11 is 6.08. The van der Waals surface area contributed by atoms with E-state index in [-0.39, 0.29) is 11.8 Å². The summed E-state index contributed by atoms with van der Waals surface area (Å²) in [5.41, 5.74) is 6.30. The number of fused-ring (bicyclic) bond motifs is 1. The largest absolute Gasteiger partial charge is 0.550 e. The number of carbonyl (C=O) groups is 1. The SMILES string of the molecule is CC1(C)Cc2c(-c3ccccc3)c(-c3ccc(Cl)cc3)c(CC(=O)[O-])n2C1.CCC[N+](C)(C)C. The molecule has 2 aromatic carbocycles. The Kier molecular flexibility index (Phi) is 7.95. The third-order valence-corrected chi connectivity index (χ3v) is 6.36. The topological polar surface area (TPSA) is 45.1 Å². The van der Waals surface area contributed by atoms with E-state index in [1.807, 2.05) is 42.5 Å². The van der Waals surface area contributed by atoms with Crippen LogP contribution in [0.3, 0.4) is 0 Å². The minimum absolute atomic E-state index is 0.0953. The maximum Gasteiger partial charge on any atom is 0.0777 e. The van der Waals surface area contributed by atoms with Crippen molar-refractivity contribution >= 4 is 17.6 Å². The number of carbonyl (C=O) groups excluding carboxylic acids is 1. The van der Waals surface area contributed by atoms with E-state index >= 15 is 0 Å². The van der Waals surface area contributed by atoms with E-state index in [0.29, 0.717) is 5.02 Å². The summed E-state index contributed by atoms with van der Waals surface area (Å²) in [6, 6.07) is 17.8. The van der Waals surface area contributed by atoms with E-state index in [1.165, 1.54) is 18.7 Å². The average Bonchev–Trinajstić information content (AvgIpc) is 3.19. The molecule has 3 aromatic rings. The number of carboxylic acids is 1. The van der Waals surface area contributed by atoms with E-state index < -0.39 is 5.97 Å². The lowest BCUT2D eigenvalue weighted by molar-refractivity contribution is -0.870. The molecule has 0 saturated heterocycles. The number of halogens is 1. The highest BCUT2D eigenvalue weighted by Crippen LogP contribution is 2.46. The molecule has 1 aliphatic heterocycles. The number of aromatic nitrogens is 1. The maximum absolute atomic E-state index is 11.6. The standard InChI is InChI=1S/C23H22ClNO2.C6H16N/c1-23(2)13-19-22(15-6-4-3-5-7-15)21(16-8-10-17(24)11-9-16)18(12-20(26)27)25(19)14-23;1-5-6-7(2,3)4/h3-11H,12-14H2,1-2H3,(H,26,27);5-6H2,1-4H3/q;+1/p-1. The van der Waals surface area contributed by atoms with Gasteiger partial charge in [0.05, 0.1) is 27.7 Å². The Hall–Kier alpha value is -2.56. The first-order chi connectivity index (χ1) is 15.9. The molecule has 0 radical (unpaired) electrons. The normalized spacial score (nSPS) is 14.3. The molecular formula is C29H37ClN2O2. The van der Waals surface area contributed by atoms with Gasteiger partial charge in [0.25, 0.3) is 0 Å². The number of aliphatic carboxylic acids is 1. The molecule has 2 heterocycles. The molecule has 182 valence electrons. The van der Waals surface area contributed by atoms with Gasteiger partial charge in [0.15, 0.2) is 0 Å². The second kappa shape index (κ2) is 10.4.